The van der Waals surface area contributed by atoms with Crippen LogP contribution in [0.15, 0.2) is 0 Å². The van der Waals surface area contributed by atoms with Gasteiger partial charge in [0, 0.05) is 17.9 Å². The third-order valence-electron chi connectivity index (χ3n) is 1.70. The lowest BCUT2D eigenvalue weighted by molar-refractivity contribution is 0.372. The Labute approximate surface area is 89.7 Å². The molecule has 0 aromatic rings. The minimum absolute atomic E-state index is 0.0501. The van der Waals surface area contributed by atoms with Crippen LogP contribution in [-0.4, -0.2) is 36.4 Å². The summed E-state index contributed by atoms with van der Waals surface area (Å²) in [5.74, 6) is 0.248. The van der Waals surface area contributed by atoms with Crippen molar-refractivity contribution in [3.8, 4) is 0 Å². The molecule has 0 radical (unpaired) electrons. The van der Waals surface area contributed by atoms with Crippen LogP contribution in [0.4, 0.5) is 0 Å². The molecule has 0 atom stereocenters. The van der Waals surface area contributed by atoms with Crippen LogP contribution in [-0.2, 0) is 10.0 Å². The average Bonchev–Trinajstić information content (AvgIpc) is 1.99. The van der Waals surface area contributed by atoms with Gasteiger partial charge < -0.3 is 0 Å². The SMILES string of the molecule is CCCS(=O)(=O)N(CCBr)C(C)C. The molecule has 13 heavy (non-hydrogen) atoms. The van der Waals surface area contributed by atoms with Gasteiger partial charge in [0.15, 0.2) is 0 Å². The van der Waals surface area contributed by atoms with Crippen molar-refractivity contribution in [3.63, 3.8) is 0 Å². The predicted molar refractivity (Wildman–Crippen MR) is 59.7 cm³/mol. The second-order valence-electron chi connectivity index (χ2n) is 3.21. The van der Waals surface area contributed by atoms with Crippen LogP contribution in [0, 0.1) is 0 Å². The average molecular weight is 272 g/mol. The first-order valence-electron chi connectivity index (χ1n) is 4.51. The summed E-state index contributed by atoms with van der Waals surface area (Å²) in [7, 11) is -3.03. The highest BCUT2D eigenvalue weighted by Gasteiger charge is 2.22. The molecule has 0 saturated heterocycles. The molecule has 0 rings (SSSR count). The highest BCUT2D eigenvalue weighted by molar-refractivity contribution is 9.09. The molecule has 0 spiro atoms. The molecule has 0 aromatic heterocycles. The summed E-state index contributed by atoms with van der Waals surface area (Å²) in [6, 6.07) is 0.0501. The molecule has 5 heteroatoms. The first kappa shape index (κ1) is 13.4. The molecule has 0 aliphatic carbocycles. The number of rotatable bonds is 6. The van der Waals surface area contributed by atoms with E-state index in [0.717, 1.165) is 0 Å². The van der Waals surface area contributed by atoms with Crippen molar-refractivity contribution in [2.24, 2.45) is 0 Å². The Morgan fingerprint density at radius 2 is 1.92 bits per heavy atom. The van der Waals surface area contributed by atoms with Gasteiger partial charge in [-0.25, -0.2) is 8.42 Å². The Kier molecular flexibility index (Phi) is 6.16. The molecule has 0 fully saturated rings. The summed E-state index contributed by atoms with van der Waals surface area (Å²) >= 11 is 3.26. The maximum atomic E-state index is 11.7. The smallest absolute Gasteiger partial charge is 0.212 e. The lowest BCUT2D eigenvalue weighted by Gasteiger charge is -2.24. The highest BCUT2D eigenvalue weighted by atomic mass is 79.9. The summed E-state index contributed by atoms with van der Waals surface area (Å²) in [4.78, 5) is 0. The van der Waals surface area contributed by atoms with Crippen LogP contribution in [0.1, 0.15) is 27.2 Å². The van der Waals surface area contributed by atoms with Crippen molar-refractivity contribution in [2.45, 2.75) is 33.2 Å². The fraction of sp³-hybridized carbons (Fsp3) is 1.00. The first-order valence-corrected chi connectivity index (χ1v) is 7.24. The summed E-state index contributed by atoms with van der Waals surface area (Å²) in [5, 5.41) is 0.689. The quantitative estimate of drug-likeness (QED) is 0.692. The molecular formula is C8H18BrNO2S. The molecule has 0 amide bonds. The number of alkyl halides is 1. The number of sulfonamides is 1. The lowest BCUT2D eigenvalue weighted by Crippen LogP contribution is -2.39. The summed E-state index contributed by atoms with van der Waals surface area (Å²) in [6.45, 7) is 6.23. The molecular weight excluding hydrogens is 254 g/mol. The van der Waals surface area contributed by atoms with E-state index >= 15 is 0 Å². The van der Waals surface area contributed by atoms with E-state index in [1.807, 2.05) is 20.8 Å². The fourth-order valence-electron chi connectivity index (χ4n) is 1.18. The molecule has 0 aromatic carbocycles. The van der Waals surface area contributed by atoms with Gasteiger partial charge in [-0.3, -0.25) is 0 Å². The number of hydrogen-bond donors (Lipinski definition) is 0. The summed E-state index contributed by atoms with van der Waals surface area (Å²) < 4.78 is 24.9. The van der Waals surface area contributed by atoms with E-state index in [2.05, 4.69) is 15.9 Å². The molecule has 0 aliphatic rings. The summed E-state index contributed by atoms with van der Waals surface area (Å²) in [5.41, 5.74) is 0. The number of halogens is 1. The number of hydrogen-bond acceptors (Lipinski definition) is 2. The van der Waals surface area contributed by atoms with Crippen molar-refractivity contribution in [1.82, 2.24) is 4.31 Å². The van der Waals surface area contributed by atoms with Crippen LogP contribution in [0.3, 0.4) is 0 Å². The molecule has 0 bridgehead atoms. The Bertz CT molecular complexity index is 226. The maximum absolute atomic E-state index is 11.7. The van der Waals surface area contributed by atoms with Gasteiger partial charge in [0.25, 0.3) is 0 Å². The van der Waals surface area contributed by atoms with E-state index in [1.165, 1.54) is 0 Å². The Hall–Kier alpha value is 0.390. The molecule has 0 N–H and O–H groups in total. The monoisotopic (exact) mass is 271 g/mol. The van der Waals surface area contributed by atoms with E-state index in [1.54, 1.807) is 4.31 Å². The van der Waals surface area contributed by atoms with Gasteiger partial charge in [0.2, 0.25) is 10.0 Å². The zero-order chi connectivity index (χ0) is 10.5. The van der Waals surface area contributed by atoms with Crippen LogP contribution < -0.4 is 0 Å². The van der Waals surface area contributed by atoms with Crippen molar-refractivity contribution in [1.29, 1.82) is 0 Å². The van der Waals surface area contributed by atoms with Crippen molar-refractivity contribution in [2.75, 3.05) is 17.6 Å². The predicted octanol–water partition coefficient (Wildman–Crippen LogP) is 1.83. The van der Waals surface area contributed by atoms with E-state index in [4.69, 9.17) is 0 Å². The lowest BCUT2D eigenvalue weighted by atomic mass is 10.4. The van der Waals surface area contributed by atoms with Gasteiger partial charge >= 0.3 is 0 Å². The van der Waals surface area contributed by atoms with Gasteiger partial charge in [-0.15, -0.1) is 0 Å². The van der Waals surface area contributed by atoms with E-state index in [0.29, 0.717) is 18.3 Å². The number of nitrogens with zero attached hydrogens (tertiary/aromatic N) is 1. The van der Waals surface area contributed by atoms with Gasteiger partial charge in [0.05, 0.1) is 5.75 Å². The minimum Gasteiger partial charge on any atom is -0.212 e. The zero-order valence-electron chi connectivity index (χ0n) is 8.46. The Balaban J connectivity index is 4.53. The van der Waals surface area contributed by atoms with Gasteiger partial charge in [-0.2, -0.15) is 4.31 Å². The molecule has 0 aliphatic heterocycles. The third kappa shape index (κ3) is 4.42. The first-order chi connectivity index (χ1) is 5.95. The third-order valence-corrected chi connectivity index (χ3v) is 4.30. The van der Waals surface area contributed by atoms with Crippen LogP contribution in [0.5, 0.6) is 0 Å². The van der Waals surface area contributed by atoms with Gasteiger partial charge in [0.1, 0.15) is 0 Å². The fourth-order valence-corrected chi connectivity index (χ4v) is 3.56. The van der Waals surface area contributed by atoms with E-state index in [-0.39, 0.29) is 11.8 Å². The molecule has 0 unspecified atom stereocenters. The van der Waals surface area contributed by atoms with Gasteiger partial charge in [-0.05, 0) is 20.3 Å². The minimum atomic E-state index is -3.03. The largest absolute Gasteiger partial charge is 0.214 e. The second-order valence-corrected chi connectivity index (χ2v) is 6.04. The molecule has 80 valence electrons. The maximum Gasteiger partial charge on any atom is 0.214 e. The zero-order valence-corrected chi connectivity index (χ0v) is 10.9. The normalized spacial score (nSPS) is 12.8. The second kappa shape index (κ2) is 5.98. The van der Waals surface area contributed by atoms with Crippen LogP contribution in [0.2, 0.25) is 0 Å². The van der Waals surface area contributed by atoms with Crippen LogP contribution >= 0.6 is 15.9 Å². The van der Waals surface area contributed by atoms with Gasteiger partial charge in [-0.1, -0.05) is 22.9 Å². The summed E-state index contributed by atoms with van der Waals surface area (Å²) in [6.07, 6.45) is 0.674. The van der Waals surface area contributed by atoms with E-state index < -0.39 is 10.0 Å². The topological polar surface area (TPSA) is 37.4 Å². The van der Waals surface area contributed by atoms with Crippen LogP contribution in [0.25, 0.3) is 0 Å². The molecule has 0 saturated carbocycles. The highest BCUT2D eigenvalue weighted by Crippen LogP contribution is 2.09. The van der Waals surface area contributed by atoms with Crippen molar-refractivity contribution < 1.29 is 8.42 Å². The Morgan fingerprint density at radius 1 is 1.38 bits per heavy atom. The molecule has 0 heterocycles. The van der Waals surface area contributed by atoms with E-state index in [9.17, 15) is 8.42 Å². The molecule has 3 nitrogen and oxygen atoms in total. The standard InChI is InChI=1S/C8H18BrNO2S/c1-4-7-13(11,12)10(6-5-9)8(2)3/h8H,4-7H2,1-3H3. The van der Waals surface area contributed by atoms with Crippen molar-refractivity contribution in [3.05, 3.63) is 0 Å². The van der Waals surface area contributed by atoms with Crippen molar-refractivity contribution >= 4 is 26.0 Å². The Morgan fingerprint density at radius 3 is 2.23 bits per heavy atom.